The Kier molecular flexibility index (Phi) is 5.16. The number of rotatable bonds is 3. The van der Waals surface area contributed by atoms with Crippen LogP contribution in [0.2, 0.25) is 0 Å². The smallest absolute Gasteiger partial charge is 0.321 e. The van der Waals surface area contributed by atoms with Crippen LogP contribution < -0.4 is 10.2 Å². The van der Waals surface area contributed by atoms with E-state index in [9.17, 15) is 4.79 Å². The molecule has 0 radical (unpaired) electrons. The van der Waals surface area contributed by atoms with Crippen LogP contribution in [0.1, 0.15) is 17.0 Å². The van der Waals surface area contributed by atoms with Crippen LogP contribution in [0.15, 0.2) is 42.7 Å². The zero-order chi connectivity index (χ0) is 20.4. The highest BCUT2D eigenvalue weighted by Crippen LogP contribution is 2.18. The summed E-state index contributed by atoms with van der Waals surface area (Å²) in [6.07, 6.45) is 1.57. The van der Waals surface area contributed by atoms with E-state index < -0.39 is 0 Å². The van der Waals surface area contributed by atoms with E-state index >= 15 is 0 Å². The van der Waals surface area contributed by atoms with E-state index in [1.54, 1.807) is 6.33 Å². The number of aryl methyl sites for hydroxylation is 3. The number of piperazine rings is 1. The van der Waals surface area contributed by atoms with Crippen LogP contribution in [0.3, 0.4) is 0 Å². The first kappa shape index (κ1) is 18.9. The lowest BCUT2D eigenvalue weighted by Crippen LogP contribution is -2.50. The minimum atomic E-state index is -0.0699. The summed E-state index contributed by atoms with van der Waals surface area (Å²) < 4.78 is 1.83. The quantitative estimate of drug-likeness (QED) is 0.743. The minimum absolute atomic E-state index is 0.0699. The van der Waals surface area contributed by atoms with Crippen molar-refractivity contribution >= 4 is 17.5 Å². The third kappa shape index (κ3) is 4.21. The van der Waals surface area contributed by atoms with Gasteiger partial charge in [0.05, 0.1) is 5.69 Å². The molecule has 1 saturated heterocycles. The molecule has 8 nitrogen and oxygen atoms in total. The monoisotopic (exact) mass is 391 g/mol. The molecule has 8 heteroatoms. The Bertz CT molecular complexity index is 1000. The van der Waals surface area contributed by atoms with E-state index in [1.807, 2.05) is 66.8 Å². The van der Waals surface area contributed by atoms with Gasteiger partial charge in [0, 0.05) is 43.6 Å². The SMILES string of the molecule is Cc1ccc(NC(=O)N2CCN(c3cc(-n4nc(C)cc4C)ncn3)CC2)cc1. The Morgan fingerprint density at radius 3 is 2.28 bits per heavy atom. The molecule has 1 aliphatic heterocycles. The van der Waals surface area contributed by atoms with Gasteiger partial charge in [-0.2, -0.15) is 5.10 Å². The van der Waals surface area contributed by atoms with Crippen molar-refractivity contribution in [2.45, 2.75) is 20.8 Å². The molecule has 0 saturated carbocycles. The fourth-order valence-corrected chi connectivity index (χ4v) is 3.46. The third-order valence-electron chi connectivity index (χ3n) is 5.06. The van der Waals surface area contributed by atoms with E-state index in [0.717, 1.165) is 41.8 Å². The summed E-state index contributed by atoms with van der Waals surface area (Å²) >= 11 is 0. The Morgan fingerprint density at radius 2 is 1.62 bits per heavy atom. The van der Waals surface area contributed by atoms with Crippen molar-refractivity contribution < 1.29 is 4.79 Å². The molecule has 4 rings (SSSR count). The highest BCUT2D eigenvalue weighted by molar-refractivity contribution is 5.89. The molecule has 150 valence electrons. The first-order valence-electron chi connectivity index (χ1n) is 9.73. The normalized spacial score (nSPS) is 14.2. The number of amides is 2. The van der Waals surface area contributed by atoms with Crippen molar-refractivity contribution in [2.75, 3.05) is 36.4 Å². The fraction of sp³-hybridized carbons (Fsp3) is 0.333. The van der Waals surface area contributed by atoms with Gasteiger partial charge in [-0.3, -0.25) is 0 Å². The predicted molar refractivity (Wildman–Crippen MR) is 113 cm³/mol. The largest absolute Gasteiger partial charge is 0.353 e. The zero-order valence-corrected chi connectivity index (χ0v) is 17.0. The number of benzene rings is 1. The number of nitrogens with zero attached hydrogens (tertiary/aromatic N) is 6. The molecule has 0 bridgehead atoms. The summed E-state index contributed by atoms with van der Waals surface area (Å²) in [7, 11) is 0. The van der Waals surface area contributed by atoms with Gasteiger partial charge in [-0.25, -0.2) is 19.4 Å². The lowest BCUT2D eigenvalue weighted by molar-refractivity contribution is 0.208. The van der Waals surface area contributed by atoms with Gasteiger partial charge in [0.2, 0.25) is 0 Å². The number of nitrogens with one attached hydrogen (secondary N) is 1. The fourth-order valence-electron chi connectivity index (χ4n) is 3.46. The molecule has 3 heterocycles. The Morgan fingerprint density at radius 1 is 0.931 bits per heavy atom. The lowest BCUT2D eigenvalue weighted by Gasteiger charge is -2.35. The summed E-state index contributed by atoms with van der Waals surface area (Å²) in [5.41, 5.74) is 3.97. The predicted octanol–water partition coefficient (Wildman–Crippen LogP) is 2.94. The van der Waals surface area contributed by atoms with Gasteiger partial charge in [-0.05, 0) is 39.0 Å². The van der Waals surface area contributed by atoms with E-state index in [0.29, 0.717) is 13.1 Å². The zero-order valence-electron chi connectivity index (χ0n) is 17.0. The molecule has 0 aliphatic carbocycles. The van der Waals surface area contributed by atoms with Crippen LogP contribution in [0, 0.1) is 20.8 Å². The summed E-state index contributed by atoms with van der Waals surface area (Å²) in [5, 5.41) is 7.46. The van der Waals surface area contributed by atoms with E-state index in [-0.39, 0.29) is 6.03 Å². The van der Waals surface area contributed by atoms with Crippen molar-refractivity contribution in [3.8, 4) is 5.82 Å². The molecule has 1 aliphatic rings. The molecular weight excluding hydrogens is 366 g/mol. The number of carbonyl (C=O) groups is 1. The van der Waals surface area contributed by atoms with Gasteiger partial charge in [0.1, 0.15) is 12.1 Å². The summed E-state index contributed by atoms with van der Waals surface area (Å²) in [6.45, 7) is 8.70. The van der Waals surface area contributed by atoms with Gasteiger partial charge in [0.15, 0.2) is 5.82 Å². The van der Waals surface area contributed by atoms with Crippen molar-refractivity contribution in [1.29, 1.82) is 0 Å². The lowest BCUT2D eigenvalue weighted by atomic mass is 10.2. The molecule has 0 spiro atoms. The molecule has 0 unspecified atom stereocenters. The highest BCUT2D eigenvalue weighted by atomic mass is 16.2. The van der Waals surface area contributed by atoms with E-state index in [4.69, 9.17) is 0 Å². The van der Waals surface area contributed by atoms with Crippen LogP contribution in [-0.2, 0) is 0 Å². The number of carbonyl (C=O) groups excluding carboxylic acids is 1. The van der Waals surface area contributed by atoms with Crippen LogP contribution in [0.25, 0.3) is 5.82 Å². The Labute approximate surface area is 170 Å². The van der Waals surface area contributed by atoms with Gasteiger partial charge in [0.25, 0.3) is 0 Å². The molecule has 0 atom stereocenters. The van der Waals surface area contributed by atoms with Crippen LogP contribution >= 0.6 is 0 Å². The maximum atomic E-state index is 12.5. The molecule has 1 N–H and O–H groups in total. The van der Waals surface area contributed by atoms with Gasteiger partial charge < -0.3 is 15.1 Å². The number of anilines is 2. The van der Waals surface area contributed by atoms with Crippen LogP contribution in [-0.4, -0.2) is 56.9 Å². The summed E-state index contributed by atoms with van der Waals surface area (Å²) in [5.74, 6) is 1.60. The number of hydrogen-bond acceptors (Lipinski definition) is 5. The average Bonchev–Trinajstić information content (AvgIpc) is 3.08. The highest BCUT2D eigenvalue weighted by Gasteiger charge is 2.22. The molecule has 2 aromatic heterocycles. The Balaban J connectivity index is 1.39. The molecular formula is C21H25N7O. The molecule has 2 amide bonds. The maximum absolute atomic E-state index is 12.5. The van der Waals surface area contributed by atoms with Gasteiger partial charge >= 0.3 is 6.03 Å². The second kappa shape index (κ2) is 7.90. The van der Waals surface area contributed by atoms with Crippen molar-refractivity contribution in [3.05, 3.63) is 59.7 Å². The molecule has 1 fully saturated rings. The van der Waals surface area contributed by atoms with Gasteiger partial charge in [-0.1, -0.05) is 17.7 Å². The molecule has 29 heavy (non-hydrogen) atoms. The third-order valence-corrected chi connectivity index (χ3v) is 5.06. The summed E-state index contributed by atoms with van der Waals surface area (Å²) in [4.78, 5) is 25.3. The first-order valence-corrected chi connectivity index (χ1v) is 9.73. The van der Waals surface area contributed by atoms with Gasteiger partial charge in [-0.15, -0.1) is 0 Å². The van der Waals surface area contributed by atoms with Crippen molar-refractivity contribution in [1.82, 2.24) is 24.6 Å². The number of aromatic nitrogens is 4. The van der Waals surface area contributed by atoms with Crippen molar-refractivity contribution in [3.63, 3.8) is 0 Å². The minimum Gasteiger partial charge on any atom is -0.353 e. The van der Waals surface area contributed by atoms with Crippen LogP contribution in [0.4, 0.5) is 16.3 Å². The first-order chi connectivity index (χ1) is 14.0. The second-order valence-electron chi connectivity index (χ2n) is 7.34. The second-order valence-corrected chi connectivity index (χ2v) is 7.34. The number of urea groups is 1. The standard InChI is InChI=1S/C21H25N7O/c1-15-4-6-18(7-5-15)24-21(29)27-10-8-26(9-11-27)19-13-20(23-14-22-19)28-17(3)12-16(2)25-28/h4-7,12-14H,8-11H2,1-3H3,(H,24,29). The summed E-state index contributed by atoms with van der Waals surface area (Å²) in [6, 6.07) is 11.7. The topological polar surface area (TPSA) is 79.2 Å². The van der Waals surface area contributed by atoms with E-state index in [2.05, 4.69) is 25.3 Å². The van der Waals surface area contributed by atoms with Crippen LogP contribution in [0.5, 0.6) is 0 Å². The molecule has 1 aromatic carbocycles. The molecule has 3 aromatic rings. The number of hydrogen-bond donors (Lipinski definition) is 1. The van der Waals surface area contributed by atoms with E-state index in [1.165, 1.54) is 5.56 Å². The Hall–Kier alpha value is -3.42. The maximum Gasteiger partial charge on any atom is 0.321 e. The average molecular weight is 391 g/mol. The van der Waals surface area contributed by atoms with Crippen molar-refractivity contribution in [2.24, 2.45) is 0 Å².